The molecule has 1 amide bonds. The van der Waals surface area contributed by atoms with E-state index in [1.807, 2.05) is 6.92 Å². The fourth-order valence-electron chi connectivity index (χ4n) is 1.02. The van der Waals surface area contributed by atoms with E-state index in [0.717, 1.165) is 11.7 Å². The maximum Gasteiger partial charge on any atom is 0.244 e. The lowest BCUT2D eigenvalue weighted by Gasteiger charge is -2.20. The third kappa shape index (κ3) is 3.04. The van der Waals surface area contributed by atoms with Crippen LogP contribution in [0.1, 0.15) is 13.8 Å². The Labute approximate surface area is 97.8 Å². The first kappa shape index (κ1) is 12.2. The lowest BCUT2D eigenvalue weighted by Crippen LogP contribution is -2.38. The van der Waals surface area contributed by atoms with Crippen LogP contribution in [0.2, 0.25) is 5.15 Å². The lowest BCUT2D eigenvalue weighted by molar-refractivity contribution is -0.130. The Morgan fingerprint density at radius 1 is 1.67 bits per heavy atom. The van der Waals surface area contributed by atoms with E-state index in [9.17, 15) is 4.79 Å². The maximum absolute atomic E-state index is 11.7. The van der Waals surface area contributed by atoms with Gasteiger partial charge in [0.1, 0.15) is 6.04 Å². The van der Waals surface area contributed by atoms with Crippen molar-refractivity contribution in [3.63, 3.8) is 0 Å². The smallest absolute Gasteiger partial charge is 0.244 e. The van der Waals surface area contributed by atoms with E-state index in [1.165, 1.54) is 0 Å². The van der Waals surface area contributed by atoms with Crippen molar-refractivity contribution < 1.29 is 4.79 Å². The Bertz CT molecular complexity index is 343. The van der Waals surface area contributed by atoms with E-state index in [-0.39, 0.29) is 11.9 Å². The number of anilines is 1. The van der Waals surface area contributed by atoms with Gasteiger partial charge in [0.25, 0.3) is 0 Å². The molecule has 1 aromatic heterocycles. The highest BCUT2D eigenvalue weighted by Crippen LogP contribution is 2.18. The fourth-order valence-corrected chi connectivity index (χ4v) is 1.68. The number of carbonyl (C=O) groups excluding carboxylic acids is 1. The Balaban J connectivity index is 2.60. The van der Waals surface area contributed by atoms with Crippen molar-refractivity contribution in [2.45, 2.75) is 19.9 Å². The summed E-state index contributed by atoms with van der Waals surface area (Å²) < 4.78 is 7.74. The van der Waals surface area contributed by atoms with Gasteiger partial charge in [0.05, 0.1) is 11.7 Å². The molecule has 1 unspecified atom stereocenters. The van der Waals surface area contributed by atoms with Gasteiger partial charge in [0, 0.05) is 13.6 Å². The molecule has 1 heterocycles. The fraction of sp³-hybridized carbons (Fsp3) is 0.625. The van der Waals surface area contributed by atoms with E-state index in [0.29, 0.717) is 17.5 Å². The van der Waals surface area contributed by atoms with Gasteiger partial charge in [-0.2, -0.15) is 8.75 Å². The van der Waals surface area contributed by atoms with E-state index < -0.39 is 0 Å². The highest BCUT2D eigenvalue weighted by Gasteiger charge is 2.18. The zero-order valence-corrected chi connectivity index (χ0v) is 10.4. The minimum atomic E-state index is -0.351. The summed E-state index contributed by atoms with van der Waals surface area (Å²) in [6.45, 7) is 4.36. The average Bonchev–Trinajstić information content (AvgIpc) is 2.62. The van der Waals surface area contributed by atoms with Gasteiger partial charge in [-0.3, -0.25) is 4.79 Å². The summed E-state index contributed by atoms with van der Waals surface area (Å²) in [7, 11) is 1.75. The van der Waals surface area contributed by atoms with Crippen LogP contribution in [0.5, 0.6) is 0 Å². The minimum Gasteiger partial charge on any atom is -0.355 e. The van der Waals surface area contributed by atoms with Gasteiger partial charge >= 0.3 is 0 Å². The highest BCUT2D eigenvalue weighted by atomic mass is 35.5. The van der Waals surface area contributed by atoms with Crippen molar-refractivity contribution in [2.24, 2.45) is 0 Å². The SMILES string of the molecule is CCN(C)C(=O)C(C)Nc1nsnc1Cl. The zero-order valence-electron chi connectivity index (χ0n) is 8.82. The average molecular weight is 249 g/mol. The van der Waals surface area contributed by atoms with Crippen molar-refractivity contribution in [1.29, 1.82) is 0 Å². The first-order valence-corrected chi connectivity index (χ1v) is 5.66. The molecule has 84 valence electrons. The van der Waals surface area contributed by atoms with Gasteiger partial charge < -0.3 is 10.2 Å². The molecular weight excluding hydrogens is 236 g/mol. The normalized spacial score (nSPS) is 12.3. The molecule has 1 aromatic rings. The molecule has 0 saturated heterocycles. The van der Waals surface area contributed by atoms with Crippen molar-refractivity contribution >= 4 is 35.1 Å². The van der Waals surface area contributed by atoms with Gasteiger partial charge in [0.15, 0.2) is 11.0 Å². The summed E-state index contributed by atoms with van der Waals surface area (Å²) in [5.41, 5.74) is 0. The number of hydrogen-bond acceptors (Lipinski definition) is 5. The van der Waals surface area contributed by atoms with E-state index in [2.05, 4.69) is 14.1 Å². The second-order valence-corrected chi connectivity index (χ2v) is 4.01. The molecule has 0 aliphatic rings. The molecular formula is C8H13ClN4OS. The van der Waals surface area contributed by atoms with Gasteiger partial charge in [-0.05, 0) is 13.8 Å². The molecule has 0 aliphatic heterocycles. The minimum absolute atomic E-state index is 0.00145. The molecule has 0 saturated carbocycles. The third-order valence-corrected chi connectivity index (χ3v) is 2.91. The standard InChI is InChI=1S/C8H13ClN4OS/c1-4-13(3)8(14)5(2)10-7-6(9)11-15-12-7/h5H,4H2,1-3H3,(H,10,12). The summed E-state index contributed by atoms with van der Waals surface area (Å²) in [5.74, 6) is 0.466. The molecule has 1 rings (SSSR count). The number of nitrogens with one attached hydrogen (secondary N) is 1. The molecule has 0 spiro atoms. The van der Waals surface area contributed by atoms with Crippen LogP contribution in [0.4, 0.5) is 5.82 Å². The quantitative estimate of drug-likeness (QED) is 0.877. The molecule has 0 radical (unpaired) electrons. The van der Waals surface area contributed by atoms with Crippen LogP contribution in [0, 0.1) is 0 Å². The molecule has 0 aliphatic carbocycles. The van der Waals surface area contributed by atoms with Crippen molar-refractivity contribution in [3.05, 3.63) is 5.15 Å². The Hall–Kier alpha value is -0.880. The summed E-state index contributed by atoms with van der Waals surface area (Å²) in [4.78, 5) is 13.3. The molecule has 0 aromatic carbocycles. The van der Waals surface area contributed by atoms with Crippen LogP contribution < -0.4 is 5.32 Å². The lowest BCUT2D eigenvalue weighted by atomic mass is 10.3. The number of hydrogen-bond donors (Lipinski definition) is 1. The van der Waals surface area contributed by atoms with Crippen molar-refractivity contribution in [3.8, 4) is 0 Å². The predicted molar refractivity (Wildman–Crippen MR) is 61.3 cm³/mol. The summed E-state index contributed by atoms with van der Waals surface area (Å²) in [6, 6.07) is -0.351. The second-order valence-electron chi connectivity index (χ2n) is 3.12. The summed E-state index contributed by atoms with van der Waals surface area (Å²) in [5, 5.41) is 3.22. The monoisotopic (exact) mass is 248 g/mol. The molecule has 0 bridgehead atoms. The number of halogens is 1. The van der Waals surface area contributed by atoms with Crippen LogP contribution in [-0.4, -0.2) is 39.2 Å². The number of rotatable bonds is 4. The third-order valence-electron chi connectivity index (χ3n) is 2.02. The first-order chi connectivity index (χ1) is 7.06. The van der Waals surface area contributed by atoms with Gasteiger partial charge in [0.2, 0.25) is 5.91 Å². The number of carbonyl (C=O) groups is 1. The molecule has 5 nitrogen and oxygen atoms in total. The number of nitrogens with zero attached hydrogens (tertiary/aromatic N) is 3. The summed E-state index contributed by atoms with van der Waals surface area (Å²) >= 11 is 6.77. The van der Waals surface area contributed by atoms with Crippen LogP contribution >= 0.6 is 23.3 Å². The van der Waals surface area contributed by atoms with Crippen LogP contribution in [0.15, 0.2) is 0 Å². The topological polar surface area (TPSA) is 58.1 Å². The van der Waals surface area contributed by atoms with E-state index in [4.69, 9.17) is 11.6 Å². The number of likely N-dealkylation sites (N-methyl/N-ethyl adjacent to an activating group) is 1. The van der Waals surface area contributed by atoms with E-state index >= 15 is 0 Å². The Morgan fingerprint density at radius 3 is 2.80 bits per heavy atom. The van der Waals surface area contributed by atoms with Gasteiger partial charge in [-0.25, -0.2) is 0 Å². The summed E-state index contributed by atoms with van der Waals surface area (Å²) in [6.07, 6.45) is 0. The second kappa shape index (κ2) is 5.27. The molecule has 15 heavy (non-hydrogen) atoms. The van der Waals surface area contributed by atoms with Crippen LogP contribution in [0.3, 0.4) is 0 Å². The zero-order chi connectivity index (χ0) is 11.4. The molecule has 1 atom stereocenters. The molecule has 0 fully saturated rings. The largest absolute Gasteiger partial charge is 0.355 e. The Kier molecular flexibility index (Phi) is 4.28. The number of amides is 1. The molecule has 1 N–H and O–H groups in total. The highest BCUT2D eigenvalue weighted by molar-refractivity contribution is 6.99. The van der Waals surface area contributed by atoms with Crippen LogP contribution in [-0.2, 0) is 4.79 Å². The van der Waals surface area contributed by atoms with Crippen molar-refractivity contribution in [1.82, 2.24) is 13.6 Å². The van der Waals surface area contributed by atoms with E-state index in [1.54, 1.807) is 18.9 Å². The van der Waals surface area contributed by atoms with Gasteiger partial charge in [-0.15, -0.1) is 0 Å². The first-order valence-electron chi connectivity index (χ1n) is 4.55. The van der Waals surface area contributed by atoms with Crippen LogP contribution in [0.25, 0.3) is 0 Å². The van der Waals surface area contributed by atoms with Crippen molar-refractivity contribution in [2.75, 3.05) is 18.9 Å². The predicted octanol–water partition coefficient (Wildman–Crippen LogP) is 1.47. The Morgan fingerprint density at radius 2 is 2.33 bits per heavy atom. The number of aromatic nitrogens is 2. The molecule has 7 heteroatoms. The maximum atomic E-state index is 11.7. The van der Waals surface area contributed by atoms with Gasteiger partial charge in [-0.1, -0.05) is 11.6 Å².